The van der Waals surface area contributed by atoms with Crippen LogP contribution in [0.4, 0.5) is 0 Å². The minimum Gasteiger partial charge on any atom is -0.481 e. The van der Waals surface area contributed by atoms with Crippen LogP contribution in [-0.2, 0) is 21.5 Å². The van der Waals surface area contributed by atoms with Gasteiger partial charge in [0, 0.05) is 19.1 Å². The predicted octanol–water partition coefficient (Wildman–Crippen LogP) is 1.21. The lowest BCUT2D eigenvalue weighted by Crippen LogP contribution is -2.52. The highest BCUT2D eigenvalue weighted by atomic mass is 32.2. The number of carboxylic acids is 1. The van der Waals surface area contributed by atoms with E-state index in [1.807, 2.05) is 30.3 Å². The van der Waals surface area contributed by atoms with Gasteiger partial charge in [0.2, 0.25) is 0 Å². The summed E-state index contributed by atoms with van der Waals surface area (Å²) in [6.07, 6.45) is 1.08. The minimum absolute atomic E-state index is 0.199. The number of carbonyl (C=O) groups is 1. The van der Waals surface area contributed by atoms with E-state index in [1.165, 1.54) is 4.31 Å². The normalized spacial score (nSPS) is 23.9. The summed E-state index contributed by atoms with van der Waals surface area (Å²) in [5.74, 6) is -1.59. The number of nitrogens with zero attached hydrogens (tertiary/aromatic N) is 1. The number of piperidine rings is 1. The van der Waals surface area contributed by atoms with Gasteiger partial charge < -0.3 is 5.11 Å². The summed E-state index contributed by atoms with van der Waals surface area (Å²) in [4.78, 5) is 11.2. The van der Waals surface area contributed by atoms with Gasteiger partial charge in [0.05, 0.1) is 5.92 Å². The highest BCUT2D eigenvalue weighted by Gasteiger charge is 2.38. The highest BCUT2D eigenvalue weighted by Crippen LogP contribution is 2.25. The molecule has 0 aromatic heterocycles. The molecule has 0 radical (unpaired) electrons. The minimum atomic E-state index is -3.68. The van der Waals surface area contributed by atoms with E-state index in [9.17, 15) is 13.2 Å². The zero-order valence-electron chi connectivity index (χ0n) is 11.9. The van der Waals surface area contributed by atoms with E-state index in [2.05, 4.69) is 4.72 Å². The first-order valence-corrected chi connectivity index (χ1v) is 8.39. The van der Waals surface area contributed by atoms with Crippen LogP contribution < -0.4 is 4.72 Å². The smallest absolute Gasteiger partial charge is 0.308 e. The SMILES string of the molecule is C[C@@H]1[C@H](C(=O)O)CCCN1S(=O)(=O)NCc1ccccc1. The van der Waals surface area contributed by atoms with Gasteiger partial charge >= 0.3 is 5.97 Å². The molecule has 0 amide bonds. The molecule has 116 valence electrons. The van der Waals surface area contributed by atoms with Gasteiger partial charge in [-0.05, 0) is 25.3 Å². The van der Waals surface area contributed by atoms with Gasteiger partial charge in [-0.25, -0.2) is 0 Å². The molecule has 21 heavy (non-hydrogen) atoms. The second-order valence-electron chi connectivity index (χ2n) is 5.25. The van der Waals surface area contributed by atoms with Crippen molar-refractivity contribution in [3.05, 3.63) is 35.9 Å². The van der Waals surface area contributed by atoms with Gasteiger partial charge in [-0.15, -0.1) is 0 Å². The quantitative estimate of drug-likeness (QED) is 0.855. The summed E-state index contributed by atoms with van der Waals surface area (Å²) in [6, 6.07) is 8.68. The molecule has 0 aliphatic carbocycles. The molecule has 1 heterocycles. The number of rotatable bonds is 5. The third-order valence-electron chi connectivity index (χ3n) is 3.86. The third-order valence-corrected chi connectivity index (χ3v) is 5.50. The van der Waals surface area contributed by atoms with E-state index in [1.54, 1.807) is 6.92 Å². The molecule has 0 saturated carbocycles. The summed E-state index contributed by atoms with van der Waals surface area (Å²) in [7, 11) is -3.68. The molecule has 1 saturated heterocycles. The van der Waals surface area contributed by atoms with E-state index >= 15 is 0 Å². The van der Waals surface area contributed by atoms with Crippen LogP contribution >= 0.6 is 0 Å². The molecule has 1 aliphatic heterocycles. The Kier molecular flexibility index (Phi) is 4.97. The Morgan fingerprint density at radius 3 is 2.67 bits per heavy atom. The molecular formula is C14H20N2O4S. The molecule has 0 bridgehead atoms. The van der Waals surface area contributed by atoms with E-state index in [0.717, 1.165) is 5.56 Å². The summed E-state index contributed by atoms with van der Waals surface area (Å²) in [5, 5.41) is 9.16. The van der Waals surface area contributed by atoms with Crippen LogP contribution in [0.3, 0.4) is 0 Å². The van der Waals surface area contributed by atoms with Gasteiger partial charge in [-0.2, -0.15) is 17.4 Å². The number of nitrogens with one attached hydrogen (secondary N) is 1. The van der Waals surface area contributed by atoms with Gasteiger partial charge in [-0.3, -0.25) is 4.79 Å². The van der Waals surface area contributed by atoms with Crippen molar-refractivity contribution < 1.29 is 18.3 Å². The lowest BCUT2D eigenvalue weighted by molar-refractivity contribution is -0.144. The summed E-state index contributed by atoms with van der Waals surface area (Å²) >= 11 is 0. The molecule has 6 nitrogen and oxygen atoms in total. The first-order chi connectivity index (χ1) is 9.92. The largest absolute Gasteiger partial charge is 0.481 e. The first kappa shape index (κ1) is 15.9. The molecule has 1 fully saturated rings. The van der Waals surface area contributed by atoms with Crippen LogP contribution in [0, 0.1) is 5.92 Å². The van der Waals surface area contributed by atoms with Crippen molar-refractivity contribution >= 4 is 16.2 Å². The van der Waals surface area contributed by atoms with E-state index in [-0.39, 0.29) is 6.54 Å². The molecule has 2 atom stereocenters. The van der Waals surface area contributed by atoms with Crippen molar-refractivity contribution in [2.24, 2.45) is 5.92 Å². The third kappa shape index (κ3) is 3.81. The zero-order chi connectivity index (χ0) is 15.5. The lowest BCUT2D eigenvalue weighted by Gasteiger charge is -2.36. The zero-order valence-corrected chi connectivity index (χ0v) is 12.7. The van der Waals surface area contributed by atoms with Crippen molar-refractivity contribution in [1.29, 1.82) is 0 Å². The van der Waals surface area contributed by atoms with Crippen LogP contribution in [0.15, 0.2) is 30.3 Å². The maximum absolute atomic E-state index is 12.4. The van der Waals surface area contributed by atoms with Crippen LogP contribution in [-0.4, -0.2) is 36.4 Å². The Balaban J connectivity index is 2.06. The molecule has 0 spiro atoms. The molecule has 1 aromatic carbocycles. The Bertz CT molecular complexity index is 588. The molecule has 2 N–H and O–H groups in total. The summed E-state index contributed by atoms with van der Waals surface area (Å²) in [5.41, 5.74) is 0.862. The van der Waals surface area contributed by atoms with Crippen molar-refractivity contribution in [2.45, 2.75) is 32.4 Å². The van der Waals surface area contributed by atoms with Gasteiger partial charge in [0.25, 0.3) is 10.2 Å². The van der Waals surface area contributed by atoms with Gasteiger partial charge in [-0.1, -0.05) is 30.3 Å². The average Bonchev–Trinajstić information content (AvgIpc) is 2.46. The summed E-state index contributed by atoms with van der Waals surface area (Å²) < 4.78 is 28.5. The number of hydrogen-bond acceptors (Lipinski definition) is 3. The van der Waals surface area contributed by atoms with Crippen LogP contribution in [0.1, 0.15) is 25.3 Å². The van der Waals surface area contributed by atoms with Crippen molar-refractivity contribution in [3.8, 4) is 0 Å². The fourth-order valence-electron chi connectivity index (χ4n) is 2.63. The molecule has 1 aliphatic rings. The predicted molar refractivity (Wildman–Crippen MR) is 78.7 cm³/mol. The van der Waals surface area contributed by atoms with Gasteiger partial charge in [0.15, 0.2) is 0 Å². The molecular weight excluding hydrogens is 292 g/mol. The second-order valence-corrected chi connectivity index (χ2v) is 6.96. The Hall–Kier alpha value is -1.44. The Morgan fingerprint density at radius 2 is 2.05 bits per heavy atom. The van der Waals surface area contributed by atoms with Crippen LogP contribution in [0.5, 0.6) is 0 Å². The molecule has 7 heteroatoms. The molecule has 1 aromatic rings. The lowest BCUT2D eigenvalue weighted by atomic mass is 9.92. The number of benzene rings is 1. The Morgan fingerprint density at radius 1 is 1.38 bits per heavy atom. The van der Waals surface area contributed by atoms with E-state index < -0.39 is 28.1 Å². The van der Waals surface area contributed by atoms with Crippen molar-refractivity contribution in [3.63, 3.8) is 0 Å². The maximum atomic E-state index is 12.4. The number of hydrogen-bond donors (Lipinski definition) is 2. The van der Waals surface area contributed by atoms with E-state index in [4.69, 9.17) is 5.11 Å². The Labute approximate surface area is 125 Å². The van der Waals surface area contributed by atoms with Crippen LogP contribution in [0.2, 0.25) is 0 Å². The fourth-order valence-corrected chi connectivity index (χ4v) is 4.10. The maximum Gasteiger partial charge on any atom is 0.308 e. The second kappa shape index (κ2) is 6.55. The van der Waals surface area contributed by atoms with Crippen LogP contribution in [0.25, 0.3) is 0 Å². The number of carboxylic acid groups (broad SMARTS) is 1. The average molecular weight is 312 g/mol. The highest BCUT2D eigenvalue weighted by molar-refractivity contribution is 7.87. The van der Waals surface area contributed by atoms with Crippen molar-refractivity contribution in [1.82, 2.24) is 9.03 Å². The standard InChI is InChI=1S/C14H20N2O4S/c1-11-13(14(17)18)8-5-9-16(11)21(19,20)15-10-12-6-3-2-4-7-12/h2-4,6-7,11,13,15H,5,8-10H2,1H3,(H,17,18)/t11-,13-/m1/s1. The summed E-state index contributed by atoms with van der Waals surface area (Å²) in [6.45, 7) is 2.21. The molecule has 2 rings (SSSR count). The number of aliphatic carboxylic acids is 1. The van der Waals surface area contributed by atoms with Crippen molar-refractivity contribution in [2.75, 3.05) is 6.54 Å². The van der Waals surface area contributed by atoms with E-state index in [0.29, 0.717) is 19.4 Å². The topological polar surface area (TPSA) is 86.7 Å². The first-order valence-electron chi connectivity index (χ1n) is 6.95. The fraction of sp³-hybridized carbons (Fsp3) is 0.500. The molecule has 0 unspecified atom stereocenters. The van der Waals surface area contributed by atoms with Gasteiger partial charge in [0.1, 0.15) is 0 Å². The monoisotopic (exact) mass is 312 g/mol.